The van der Waals surface area contributed by atoms with Crippen molar-refractivity contribution in [1.82, 2.24) is 0 Å². The van der Waals surface area contributed by atoms with Crippen molar-refractivity contribution in [2.24, 2.45) is 0 Å². The molecule has 0 atom stereocenters. The lowest BCUT2D eigenvalue weighted by Gasteiger charge is -2.29. The molecule has 0 saturated carbocycles. The van der Waals surface area contributed by atoms with Crippen LogP contribution in [-0.2, 0) is 10.0 Å². The minimum Gasteiger partial charge on any atom is -0.294 e. The Hall–Kier alpha value is -1.66. The maximum Gasteiger partial charge on any atom is 0.273 e. The molecule has 1 aliphatic rings. The number of hydrogen-bond acceptors (Lipinski definition) is 4. The highest BCUT2D eigenvalue weighted by Crippen LogP contribution is 2.33. The molecule has 1 aromatic carbocycles. The number of carbonyl (C=O) groups is 1. The Kier molecular flexibility index (Phi) is 3.14. The van der Waals surface area contributed by atoms with E-state index in [1.807, 2.05) is 13.0 Å². The summed E-state index contributed by atoms with van der Waals surface area (Å²) in [4.78, 5) is 12.0. The Morgan fingerprint density at radius 2 is 2.05 bits per heavy atom. The number of aryl methyl sites for hydroxylation is 1. The monoisotopic (exact) mass is 307 g/mol. The summed E-state index contributed by atoms with van der Waals surface area (Å²) in [6.45, 7) is 2.09. The van der Waals surface area contributed by atoms with Gasteiger partial charge in [0, 0.05) is 18.5 Å². The van der Waals surface area contributed by atoms with Crippen LogP contribution in [0.25, 0.3) is 0 Å². The second-order valence-electron chi connectivity index (χ2n) is 4.70. The van der Waals surface area contributed by atoms with Crippen LogP contribution in [0.5, 0.6) is 0 Å². The van der Waals surface area contributed by atoms with Gasteiger partial charge in [0.15, 0.2) is 5.78 Å². The van der Waals surface area contributed by atoms with Gasteiger partial charge in [-0.3, -0.25) is 9.10 Å². The molecular formula is C14H13NO3S2. The highest BCUT2D eigenvalue weighted by Gasteiger charge is 2.32. The second kappa shape index (κ2) is 4.71. The van der Waals surface area contributed by atoms with Crippen LogP contribution in [0.2, 0.25) is 0 Å². The fourth-order valence-corrected chi connectivity index (χ4v) is 4.91. The van der Waals surface area contributed by atoms with Crippen molar-refractivity contribution in [3.63, 3.8) is 0 Å². The van der Waals surface area contributed by atoms with Crippen molar-refractivity contribution < 1.29 is 13.2 Å². The molecule has 1 aliphatic heterocycles. The SMILES string of the molecule is Cc1ccc2c(c1)C(=O)CCN2S(=O)(=O)c1cccs1. The third-order valence-electron chi connectivity index (χ3n) is 3.30. The number of rotatable bonds is 2. The van der Waals surface area contributed by atoms with Gasteiger partial charge in [-0.25, -0.2) is 8.42 Å². The molecule has 0 bridgehead atoms. The first-order valence-corrected chi connectivity index (χ1v) is 8.52. The molecule has 6 heteroatoms. The van der Waals surface area contributed by atoms with E-state index < -0.39 is 10.0 Å². The van der Waals surface area contributed by atoms with E-state index in [0.717, 1.165) is 5.56 Å². The van der Waals surface area contributed by atoms with Gasteiger partial charge in [0.05, 0.1) is 5.69 Å². The molecule has 2 heterocycles. The molecular weight excluding hydrogens is 294 g/mol. The third-order valence-corrected chi connectivity index (χ3v) is 6.49. The minimum atomic E-state index is -3.57. The Balaban J connectivity index is 2.15. The van der Waals surface area contributed by atoms with Gasteiger partial charge in [-0.05, 0) is 30.5 Å². The van der Waals surface area contributed by atoms with Crippen LogP contribution in [0, 0.1) is 6.92 Å². The van der Waals surface area contributed by atoms with Gasteiger partial charge in [-0.1, -0.05) is 17.7 Å². The number of anilines is 1. The number of fused-ring (bicyclic) bond motifs is 1. The van der Waals surface area contributed by atoms with Crippen molar-refractivity contribution in [2.45, 2.75) is 17.6 Å². The molecule has 0 N–H and O–H groups in total. The number of nitrogens with zero attached hydrogens (tertiary/aromatic N) is 1. The summed E-state index contributed by atoms with van der Waals surface area (Å²) in [6.07, 6.45) is 0.223. The maximum absolute atomic E-state index is 12.6. The Labute approximate surface area is 121 Å². The summed E-state index contributed by atoms with van der Waals surface area (Å²) in [5.74, 6) is 0.00123. The Bertz CT molecular complexity index is 764. The first kappa shape index (κ1) is 13.3. The summed E-state index contributed by atoms with van der Waals surface area (Å²) in [5, 5.41) is 1.73. The molecule has 2 aromatic rings. The van der Waals surface area contributed by atoms with E-state index in [4.69, 9.17) is 0 Å². The standard InChI is InChI=1S/C14H13NO3S2/c1-10-4-5-12-11(9-10)13(16)6-7-15(12)20(17,18)14-3-2-8-19-14/h2-5,8-9H,6-7H2,1H3. The number of benzene rings is 1. The highest BCUT2D eigenvalue weighted by molar-refractivity contribution is 7.94. The topological polar surface area (TPSA) is 54.5 Å². The quantitative estimate of drug-likeness (QED) is 0.857. The smallest absolute Gasteiger partial charge is 0.273 e. The van der Waals surface area contributed by atoms with E-state index >= 15 is 0 Å². The predicted molar refractivity (Wildman–Crippen MR) is 79.0 cm³/mol. The zero-order chi connectivity index (χ0) is 14.3. The summed E-state index contributed by atoms with van der Waals surface area (Å²) in [5.41, 5.74) is 1.93. The number of sulfonamides is 1. The van der Waals surface area contributed by atoms with Gasteiger partial charge in [0.25, 0.3) is 10.0 Å². The summed E-state index contributed by atoms with van der Waals surface area (Å²) in [7, 11) is -3.57. The fourth-order valence-electron chi connectivity index (χ4n) is 2.32. The second-order valence-corrected chi connectivity index (χ2v) is 7.74. The lowest BCUT2D eigenvalue weighted by Crippen LogP contribution is -2.37. The van der Waals surface area contributed by atoms with Crippen LogP contribution < -0.4 is 4.31 Å². The number of ketones is 1. The van der Waals surface area contributed by atoms with Crippen LogP contribution in [0.4, 0.5) is 5.69 Å². The van der Waals surface area contributed by atoms with Crippen LogP contribution in [-0.4, -0.2) is 20.7 Å². The van der Waals surface area contributed by atoms with Gasteiger partial charge in [0.1, 0.15) is 4.21 Å². The average molecular weight is 307 g/mol. The van der Waals surface area contributed by atoms with Gasteiger partial charge in [0.2, 0.25) is 0 Å². The van der Waals surface area contributed by atoms with Crippen molar-refractivity contribution in [1.29, 1.82) is 0 Å². The molecule has 104 valence electrons. The Morgan fingerprint density at radius 1 is 1.25 bits per heavy atom. The number of carbonyl (C=O) groups excluding carboxylic acids is 1. The Morgan fingerprint density at radius 3 is 2.75 bits per heavy atom. The molecule has 1 aromatic heterocycles. The first-order valence-electron chi connectivity index (χ1n) is 6.20. The van der Waals surface area contributed by atoms with E-state index in [1.165, 1.54) is 15.6 Å². The number of thiophene rings is 1. The number of hydrogen-bond donors (Lipinski definition) is 0. The molecule has 4 nitrogen and oxygen atoms in total. The number of Topliss-reactive ketones (excluding diaryl/α,β-unsaturated/α-hetero) is 1. The lowest BCUT2D eigenvalue weighted by atomic mass is 10.0. The molecule has 0 unspecified atom stereocenters. The van der Waals surface area contributed by atoms with Crippen molar-refractivity contribution >= 4 is 32.8 Å². The van der Waals surface area contributed by atoms with Crippen LogP contribution in [0.15, 0.2) is 39.9 Å². The first-order chi connectivity index (χ1) is 9.50. The molecule has 3 rings (SSSR count). The molecule has 0 amide bonds. The van der Waals surface area contributed by atoms with E-state index in [1.54, 1.807) is 29.6 Å². The van der Waals surface area contributed by atoms with Crippen molar-refractivity contribution in [3.05, 3.63) is 46.8 Å². The highest BCUT2D eigenvalue weighted by atomic mass is 32.2. The van der Waals surface area contributed by atoms with Gasteiger partial charge in [-0.2, -0.15) is 0 Å². The van der Waals surface area contributed by atoms with Crippen LogP contribution in [0.1, 0.15) is 22.3 Å². The van der Waals surface area contributed by atoms with Crippen LogP contribution in [0.3, 0.4) is 0 Å². The van der Waals surface area contributed by atoms with E-state index in [0.29, 0.717) is 15.5 Å². The van der Waals surface area contributed by atoms with Gasteiger partial charge < -0.3 is 0 Å². The third kappa shape index (κ3) is 2.05. The van der Waals surface area contributed by atoms with E-state index in [-0.39, 0.29) is 18.7 Å². The zero-order valence-electron chi connectivity index (χ0n) is 10.9. The molecule has 20 heavy (non-hydrogen) atoms. The molecule has 0 radical (unpaired) electrons. The minimum absolute atomic E-state index is 0.00123. The molecule has 0 aliphatic carbocycles. The fraction of sp³-hybridized carbons (Fsp3) is 0.214. The van der Waals surface area contributed by atoms with Crippen molar-refractivity contribution in [3.8, 4) is 0 Å². The molecule has 0 spiro atoms. The maximum atomic E-state index is 12.6. The molecule has 0 saturated heterocycles. The van der Waals surface area contributed by atoms with Gasteiger partial charge in [-0.15, -0.1) is 11.3 Å². The van der Waals surface area contributed by atoms with Crippen molar-refractivity contribution in [2.75, 3.05) is 10.8 Å². The van der Waals surface area contributed by atoms with Gasteiger partial charge >= 0.3 is 0 Å². The normalized spacial score (nSPS) is 15.2. The summed E-state index contributed by atoms with van der Waals surface area (Å²) < 4.78 is 26.9. The summed E-state index contributed by atoms with van der Waals surface area (Å²) >= 11 is 1.19. The summed E-state index contributed by atoms with van der Waals surface area (Å²) in [6, 6.07) is 8.60. The zero-order valence-corrected chi connectivity index (χ0v) is 12.5. The lowest BCUT2D eigenvalue weighted by molar-refractivity contribution is 0.0982. The van der Waals surface area contributed by atoms with E-state index in [2.05, 4.69) is 0 Å². The average Bonchev–Trinajstić information content (AvgIpc) is 2.94. The van der Waals surface area contributed by atoms with Crippen LogP contribution >= 0.6 is 11.3 Å². The van der Waals surface area contributed by atoms with E-state index in [9.17, 15) is 13.2 Å². The predicted octanol–water partition coefficient (Wildman–Crippen LogP) is 2.84. The molecule has 0 fully saturated rings. The largest absolute Gasteiger partial charge is 0.294 e.